The van der Waals surface area contributed by atoms with Crippen molar-refractivity contribution in [1.82, 2.24) is 0 Å². The Bertz CT molecular complexity index is 643. The summed E-state index contributed by atoms with van der Waals surface area (Å²) < 4.78 is 0. The molecule has 0 fully saturated rings. The third-order valence-corrected chi connectivity index (χ3v) is 3.46. The summed E-state index contributed by atoms with van der Waals surface area (Å²) >= 11 is 6.00. The molecule has 3 heteroatoms. The number of benzene rings is 2. The predicted molar refractivity (Wildman–Crippen MR) is 73.3 cm³/mol. The fraction of sp³-hybridized carbons (Fsp3) is 0.133. The van der Waals surface area contributed by atoms with E-state index in [4.69, 9.17) is 16.9 Å². The van der Waals surface area contributed by atoms with Crippen molar-refractivity contribution in [3.05, 3.63) is 58.6 Å². The monoisotopic (exact) mass is 254 g/mol. The fourth-order valence-electron chi connectivity index (χ4n) is 2.38. The molecule has 0 bridgehead atoms. The summed E-state index contributed by atoms with van der Waals surface area (Å²) in [5.41, 5.74) is 4.21. The Labute approximate surface area is 111 Å². The van der Waals surface area contributed by atoms with Crippen LogP contribution in [0.3, 0.4) is 0 Å². The second kappa shape index (κ2) is 4.36. The summed E-state index contributed by atoms with van der Waals surface area (Å²) in [4.78, 5) is 2.23. The second-order valence-electron chi connectivity index (χ2n) is 4.34. The Balaban J connectivity index is 2.03. The highest BCUT2D eigenvalue weighted by Gasteiger charge is 2.20. The number of hydrogen-bond donors (Lipinski definition) is 0. The van der Waals surface area contributed by atoms with Gasteiger partial charge in [0.15, 0.2) is 0 Å². The molecule has 1 aliphatic heterocycles. The standard InChI is InChI=1S/C15H11ClN2/c16-13-4-5-15-12(9-13)6-7-18(15)14-3-1-2-11(8-14)10-17/h1-5,8-9H,6-7H2. The first-order chi connectivity index (χ1) is 8.78. The first-order valence-corrected chi connectivity index (χ1v) is 6.22. The number of halogens is 1. The van der Waals surface area contributed by atoms with Gasteiger partial charge in [0.2, 0.25) is 0 Å². The van der Waals surface area contributed by atoms with Gasteiger partial charge in [-0.05, 0) is 48.4 Å². The van der Waals surface area contributed by atoms with Crippen LogP contribution in [0.2, 0.25) is 5.02 Å². The van der Waals surface area contributed by atoms with Gasteiger partial charge in [-0.15, -0.1) is 0 Å². The molecule has 0 spiro atoms. The molecular formula is C15H11ClN2. The van der Waals surface area contributed by atoms with Crippen molar-refractivity contribution in [2.75, 3.05) is 11.4 Å². The first kappa shape index (κ1) is 11.1. The average Bonchev–Trinajstić information content (AvgIpc) is 2.81. The molecule has 0 unspecified atom stereocenters. The summed E-state index contributed by atoms with van der Waals surface area (Å²) in [6, 6.07) is 15.8. The maximum absolute atomic E-state index is 8.95. The topological polar surface area (TPSA) is 27.0 Å². The van der Waals surface area contributed by atoms with Gasteiger partial charge in [-0.25, -0.2) is 0 Å². The molecule has 2 nitrogen and oxygen atoms in total. The Morgan fingerprint density at radius 3 is 2.89 bits per heavy atom. The molecule has 0 amide bonds. The lowest BCUT2D eigenvalue weighted by atomic mass is 10.1. The highest BCUT2D eigenvalue weighted by Crippen LogP contribution is 2.35. The molecular weight excluding hydrogens is 244 g/mol. The van der Waals surface area contributed by atoms with Crippen LogP contribution in [-0.4, -0.2) is 6.54 Å². The van der Waals surface area contributed by atoms with Crippen molar-refractivity contribution in [3.63, 3.8) is 0 Å². The molecule has 0 saturated heterocycles. The number of hydrogen-bond acceptors (Lipinski definition) is 2. The van der Waals surface area contributed by atoms with Crippen LogP contribution in [0, 0.1) is 11.3 Å². The zero-order valence-electron chi connectivity index (χ0n) is 9.73. The van der Waals surface area contributed by atoms with Gasteiger partial charge >= 0.3 is 0 Å². The van der Waals surface area contributed by atoms with E-state index in [0.717, 1.165) is 23.7 Å². The Kier molecular flexibility index (Phi) is 2.70. The maximum Gasteiger partial charge on any atom is 0.0992 e. The summed E-state index contributed by atoms with van der Waals surface area (Å²) in [7, 11) is 0. The van der Waals surface area contributed by atoms with E-state index in [0.29, 0.717) is 5.56 Å². The van der Waals surface area contributed by atoms with Gasteiger partial charge < -0.3 is 4.90 Å². The highest BCUT2D eigenvalue weighted by molar-refractivity contribution is 6.30. The minimum Gasteiger partial charge on any atom is -0.341 e. The van der Waals surface area contributed by atoms with Crippen LogP contribution in [0.1, 0.15) is 11.1 Å². The van der Waals surface area contributed by atoms with Crippen molar-refractivity contribution >= 4 is 23.0 Å². The molecule has 0 radical (unpaired) electrons. The molecule has 18 heavy (non-hydrogen) atoms. The number of fused-ring (bicyclic) bond motifs is 1. The fourth-order valence-corrected chi connectivity index (χ4v) is 2.58. The van der Waals surface area contributed by atoms with Crippen molar-refractivity contribution in [2.24, 2.45) is 0 Å². The van der Waals surface area contributed by atoms with E-state index in [1.165, 1.54) is 11.3 Å². The lowest BCUT2D eigenvalue weighted by molar-refractivity contribution is 0.998. The van der Waals surface area contributed by atoms with E-state index < -0.39 is 0 Å². The van der Waals surface area contributed by atoms with Crippen LogP contribution in [-0.2, 0) is 6.42 Å². The molecule has 3 rings (SSSR count). The summed E-state index contributed by atoms with van der Waals surface area (Å²) in [5, 5.41) is 9.73. The SMILES string of the molecule is N#Cc1cccc(N2CCc3cc(Cl)ccc32)c1. The predicted octanol–water partition coefficient (Wildman–Crippen LogP) is 3.91. The molecule has 1 heterocycles. The van der Waals surface area contributed by atoms with Crippen LogP contribution in [0.4, 0.5) is 11.4 Å². The van der Waals surface area contributed by atoms with Crippen molar-refractivity contribution in [2.45, 2.75) is 6.42 Å². The summed E-state index contributed by atoms with van der Waals surface area (Å²) in [6.07, 6.45) is 0.993. The number of nitriles is 1. The van der Waals surface area contributed by atoms with E-state index >= 15 is 0 Å². The molecule has 0 aliphatic carbocycles. The summed E-state index contributed by atoms with van der Waals surface area (Å²) in [6.45, 7) is 0.935. The van der Waals surface area contributed by atoms with Gasteiger partial charge in [0, 0.05) is 22.9 Å². The van der Waals surface area contributed by atoms with Crippen LogP contribution < -0.4 is 4.90 Å². The van der Waals surface area contributed by atoms with Crippen LogP contribution >= 0.6 is 11.6 Å². The molecule has 88 valence electrons. The van der Waals surface area contributed by atoms with Gasteiger partial charge in [-0.2, -0.15) is 5.26 Å². The van der Waals surface area contributed by atoms with Crippen molar-refractivity contribution in [1.29, 1.82) is 5.26 Å². The molecule has 0 atom stereocenters. The van der Waals surface area contributed by atoms with Gasteiger partial charge in [0.05, 0.1) is 11.6 Å². The van der Waals surface area contributed by atoms with Gasteiger partial charge in [-0.3, -0.25) is 0 Å². The smallest absolute Gasteiger partial charge is 0.0992 e. The molecule has 2 aromatic carbocycles. The van der Waals surface area contributed by atoms with Gasteiger partial charge in [0.1, 0.15) is 0 Å². The minimum atomic E-state index is 0.690. The largest absolute Gasteiger partial charge is 0.341 e. The lowest BCUT2D eigenvalue weighted by Gasteiger charge is -2.19. The Hall–Kier alpha value is -1.98. The maximum atomic E-state index is 8.95. The molecule has 0 N–H and O–H groups in total. The van der Waals surface area contributed by atoms with E-state index in [1.807, 2.05) is 42.5 Å². The number of nitrogens with zero attached hydrogens (tertiary/aromatic N) is 2. The average molecular weight is 255 g/mol. The van der Waals surface area contributed by atoms with Crippen LogP contribution in [0.5, 0.6) is 0 Å². The normalized spacial score (nSPS) is 13.2. The van der Waals surface area contributed by atoms with E-state index in [2.05, 4.69) is 11.0 Å². The van der Waals surface area contributed by atoms with E-state index in [9.17, 15) is 0 Å². The van der Waals surface area contributed by atoms with Gasteiger partial charge in [-0.1, -0.05) is 17.7 Å². The van der Waals surface area contributed by atoms with Crippen molar-refractivity contribution in [3.8, 4) is 6.07 Å². The number of rotatable bonds is 1. The number of anilines is 2. The van der Waals surface area contributed by atoms with Crippen LogP contribution in [0.25, 0.3) is 0 Å². The Morgan fingerprint density at radius 2 is 2.06 bits per heavy atom. The molecule has 2 aromatic rings. The zero-order chi connectivity index (χ0) is 12.5. The molecule has 0 saturated carbocycles. The third-order valence-electron chi connectivity index (χ3n) is 3.22. The van der Waals surface area contributed by atoms with E-state index in [1.54, 1.807) is 0 Å². The second-order valence-corrected chi connectivity index (χ2v) is 4.77. The third kappa shape index (κ3) is 1.83. The molecule has 1 aliphatic rings. The Morgan fingerprint density at radius 1 is 1.17 bits per heavy atom. The first-order valence-electron chi connectivity index (χ1n) is 5.84. The minimum absolute atomic E-state index is 0.690. The quantitative estimate of drug-likeness (QED) is 0.772. The summed E-state index contributed by atoms with van der Waals surface area (Å²) in [5.74, 6) is 0. The van der Waals surface area contributed by atoms with Gasteiger partial charge in [0.25, 0.3) is 0 Å². The van der Waals surface area contributed by atoms with Crippen molar-refractivity contribution < 1.29 is 0 Å². The zero-order valence-corrected chi connectivity index (χ0v) is 10.5. The van der Waals surface area contributed by atoms with Crippen LogP contribution in [0.15, 0.2) is 42.5 Å². The molecule has 0 aromatic heterocycles. The van der Waals surface area contributed by atoms with E-state index in [-0.39, 0.29) is 0 Å². The highest BCUT2D eigenvalue weighted by atomic mass is 35.5. The lowest BCUT2D eigenvalue weighted by Crippen LogP contribution is -2.13.